The molecule has 0 unspecified atom stereocenters. The van der Waals surface area contributed by atoms with Crippen molar-refractivity contribution in [2.75, 3.05) is 0 Å². The van der Waals surface area contributed by atoms with E-state index in [1.165, 1.54) is 0 Å². The first kappa shape index (κ1) is 17.6. The molecule has 1 radical (unpaired) electrons. The first-order chi connectivity index (χ1) is 8.63. The Bertz CT molecular complexity index is 302. The Kier molecular flexibility index (Phi) is 11.4. The molecular weight excluding hydrogens is 419 g/mol. The standard InChI is InChI=1S/C9H10O2.3C2H5.Pb/c10-9(11)7-6-8-4-2-1-3-5-8;3*1-2;/h1-5H,6-7H2,(H,10,11);3*1H2,2H3;. The molecule has 1 rings (SSSR count). The van der Waals surface area contributed by atoms with Crippen LogP contribution < -0.4 is 0 Å². The molecule has 0 aliphatic heterocycles. The number of benzene rings is 1. The Balaban J connectivity index is 0.000000360. The first-order valence-corrected chi connectivity index (χ1v) is 15.0. The summed E-state index contributed by atoms with van der Waals surface area (Å²) in [4.78, 5) is 10.2. The zero-order valence-corrected chi connectivity index (χ0v) is 15.7. The monoisotopic (exact) mass is 445 g/mol. The molecule has 18 heavy (non-hydrogen) atoms. The average Bonchev–Trinajstić information content (AvgIpc) is 2.40. The average molecular weight is 445 g/mol. The van der Waals surface area contributed by atoms with E-state index in [1.807, 2.05) is 30.3 Å². The number of aliphatic carboxylic acids is 1. The summed E-state index contributed by atoms with van der Waals surface area (Å²) in [5, 5.41) is 8.37. The molecule has 0 heterocycles. The molecule has 3 heteroatoms. The summed E-state index contributed by atoms with van der Waals surface area (Å²) in [6, 6.07) is 9.62. The third-order valence-corrected chi connectivity index (χ3v) is 14.6. The Morgan fingerprint density at radius 3 is 1.89 bits per heavy atom. The Hall–Kier alpha value is -0.388. The van der Waals surface area contributed by atoms with Gasteiger partial charge in [0.1, 0.15) is 0 Å². The van der Waals surface area contributed by atoms with Crippen LogP contribution in [0.1, 0.15) is 32.8 Å². The number of carboxylic acid groups (broad SMARTS) is 1. The smallest absolute Gasteiger partial charge is 0.303 e. The normalized spacial score (nSPS) is 9.78. The van der Waals surface area contributed by atoms with Gasteiger partial charge < -0.3 is 5.11 Å². The van der Waals surface area contributed by atoms with Gasteiger partial charge in [0, 0.05) is 6.42 Å². The van der Waals surface area contributed by atoms with Gasteiger partial charge in [0.05, 0.1) is 0 Å². The molecule has 0 saturated carbocycles. The van der Waals surface area contributed by atoms with Crippen molar-refractivity contribution in [2.24, 2.45) is 0 Å². The van der Waals surface area contributed by atoms with Gasteiger partial charge in [-0.25, -0.2) is 0 Å². The van der Waals surface area contributed by atoms with Crippen LogP contribution in [0.4, 0.5) is 0 Å². The molecule has 0 amide bonds. The number of carboxylic acids is 1. The SMILES string of the molecule is C[CH2][Pb]([CH2]C)[CH2]C.O=C(O)CCc1ccccc1. The van der Waals surface area contributed by atoms with E-state index in [9.17, 15) is 4.79 Å². The van der Waals surface area contributed by atoms with Crippen LogP contribution in [0, 0.1) is 0 Å². The third-order valence-electron chi connectivity index (χ3n) is 2.97. The van der Waals surface area contributed by atoms with Crippen molar-refractivity contribution < 1.29 is 9.90 Å². The van der Waals surface area contributed by atoms with Crippen molar-refractivity contribution in [3.8, 4) is 0 Å². The molecule has 1 aromatic rings. The van der Waals surface area contributed by atoms with E-state index < -0.39 is 28.7 Å². The zero-order valence-electron chi connectivity index (χ0n) is 11.8. The maximum absolute atomic E-state index is 10.2. The molecule has 0 bridgehead atoms. The number of hydrogen-bond donors (Lipinski definition) is 1. The van der Waals surface area contributed by atoms with E-state index in [0.29, 0.717) is 6.42 Å². The van der Waals surface area contributed by atoms with Crippen LogP contribution in [0.2, 0.25) is 11.9 Å². The van der Waals surface area contributed by atoms with Crippen molar-refractivity contribution in [1.29, 1.82) is 0 Å². The number of rotatable bonds is 6. The Labute approximate surface area is 120 Å². The molecule has 1 aromatic carbocycles. The molecule has 1 N–H and O–H groups in total. The van der Waals surface area contributed by atoms with Gasteiger partial charge in [0.2, 0.25) is 0 Å². The zero-order chi connectivity index (χ0) is 13.8. The minimum absolute atomic E-state index is 0.212. The second-order valence-electron chi connectivity index (χ2n) is 4.19. The second kappa shape index (κ2) is 11.7. The topological polar surface area (TPSA) is 37.3 Å². The summed E-state index contributed by atoms with van der Waals surface area (Å²) in [6.45, 7) is 7.07. The second-order valence-corrected chi connectivity index (χ2v) is 18.3. The van der Waals surface area contributed by atoms with Crippen molar-refractivity contribution in [1.82, 2.24) is 0 Å². The largest absolute Gasteiger partial charge is 0.481 e. The molecule has 0 aliphatic carbocycles. The van der Waals surface area contributed by atoms with Crippen LogP contribution in [-0.2, 0) is 11.2 Å². The molecular formula is C15H25O2Pb. The van der Waals surface area contributed by atoms with E-state index in [0.717, 1.165) is 5.56 Å². The summed E-state index contributed by atoms with van der Waals surface area (Å²) in [5.41, 5.74) is 1.08. The van der Waals surface area contributed by atoms with E-state index in [2.05, 4.69) is 20.8 Å². The molecule has 0 spiro atoms. The predicted octanol–water partition coefficient (Wildman–Crippen LogP) is 4.24. The molecule has 2 nitrogen and oxygen atoms in total. The van der Waals surface area contributed by atoms with Gasteiger partial charge in [0.15, 0.2) is 0 Å². The fourth-order valence-corrected chi connectivity index (χ4v) is 7.48. The van der Waals surface area contributed by atoms with Crippen molar-refractivity contribution in [3.05, 3.63) is 35.9 Å². The third kappa shape index (κ3) is 9.62. The number of hydrogen-bond acceptors (Lipinski definition) is 1. The Morgan fingerprint density at radius 1 is 1.06 bits per heavy atom. The summed E-state index contributed by atoms with van der Waals surface area (Å²) >= 11 is -0.789. The van der Waals surface area contributed by atoms with Gasteiger partial charge >= 0.3 is 61.4 Å². The molecule has 0 fully saturated rings. The fraction of sp³-hybridized carbons (Fsp3) is 0.533. The molecule has 0 aliphatic rings. The van der Waals surface area contributed by atoms with Gasteiger partial charge in [-0.1, -0.05) is 30.3 Å². The maximum atomic E-state index is 10.2. The van der Waals surface area contributed by atoms with Crippen molar-refractivity contribution in [2.45, 2.75) is 45.6 Å². The van der Waals surface area contributed by atoms with Gasteiger partial charge in [0.25, 0.3) is 0 Å². The van der Waals surface area contributed by atoms with Crippen LogP contribution in [0.3, 0.4) is 0 Å². The Morgan fingerprint density at radius 2 is 1.56 bits per heavy atom. The van der Waals surface area contributed by atoms with E-state index in [4.69, 9.17) is 5.11 Å². The maximum Gasteiger partial charge on any atom is 0.303 e. The quantitative estimate of drug-likeness (QED) is 0.667. The fourth-order valence-electron chi connectivity index (χ4n) is 1.65. The van der Waals surface area contributed by atoms with Crippen molar-refractivity contribution >= 4 is 28.7 Å². The first-order valence-electron chi connectivity index (χ1n) is 6.73. The summed E-state index contributed by atoms with van der Waals surface area (Å²) in [7, 11) is 0. The van der Waals surface area contributed by atoms with Crippen LogP contribution in [0.5, 0.6) is 0 Å². The summed E-state index contributed by atoms with van der Waals surface area (Å²) < 4.78 is 4.70. The predicted molar refractivity (Wildman–Crippen MR) is 79.6 cm³/mol. The van der Waals surface area contributed by atoms with Crippen LogP contribution in [0.15, 0.2) is 30.3 Å². The minimum Gasteiger partial charge on any atom is -0.481 e. The molecule has 0 aromatic heterocycles. The van der Waals surface area contributed by atoms with Gasteiger partial charge in [-0.3, -0.25) is 4.79 Å². The van der Waals surface area contributed by atoms with Gasteiger partial charge in [-0.05, 0) is 12.0 Å². The number of carbonyl (C=O) groups is 1. The molecule has 0 atom stereocenters. The van der Waals surface area contributed by atoms with Gasteiger partial charge in [-0.2, -0.15) is 0 Å². The summed E-state index contributed by atoms with van der Waals surface area (Å²) in [5.74, 6) is -0.742. The van der Waals surface area contributed by atoms with Crippen molar-refractivity contribution in [3.63, 3.8) is 0 Å². The van der Waals surface area contributed by atoms with Crippen LogP contribution in [0.25, 0.3) is 0 Å². The van der Waals surface area contributed by atoms with E-state index in [1.54, 1.807) is 11.9 Å². The van der Waals surface area contributed by atoms with Crippen LogP contribution >= 0.6 is 0 Å². The van der Waals surface area contributed by atoms with Gasteiger partial charge in [-0.15, -0.1) is 0 Å². The number of aryl methyl sites for hydroxylation is 1. The molecule has 0 saturated heterocycles. The summed E-state index contributed by atoms with van der Waals surface area (Å²) in [6.07, 6.45) is 0.834. The molecule has 101 valence electrons. The van der Waals surface area contributed by atoms with E-state index in [-0.39, 0.29) is 6.42 Å². The van der Waals surface area contributed by atoms with Crippen LogP contribution in [-0.4, -0.2) is 33.8 Å². The van der Waals surface area contributed by atoms with E-state index >= 15 is 0 Å². The minimum atomic E-state index is -0.789.